The monoisotopic (exact) mass is 352 g/mol. The van der Waals surface area contributed by atoms with Crippen LogP contribution in [0.5, 0.6) is 0 Å². The van der Waals surface area contributed by atoms with Gasteiger partial charge in [-0.05, 0) is 25.4 Å². The Labute approximate surface area is 138 Å². The highest BCUT2D eigenvalue weighted by Gasteiger charge is 2.19. The molecule has 0 amide bonds. The first-order valence-electron chi connectivity index (χ1n) is 7.43. The molecule has 0 aromatic carbocycles. The molecular formula is C14H26Cl2N2O2Si. The molecule has 0 saturated carbocycles. The zero-order valence-corrected chi connectivity index (χ0v) is 15.5. The van der Waals surface area contributed by atoms with Crippen LogP contribution < -0.4 is 0 Å². The number of unbranched alkanes of at least 4 members (excludes halogenated alkanes) is 5. The second-order valence-electron chi connectivity index (χ2n) is 4.89. The molecule has 4 nitrogen and oxygen atoms in total. The van der Waals surface area contributed by atoms with E-state index in [9.17, 15) is 9.59 Å². The van der Waals surface area contributed by atoms with Crippen molar-refractivity contribution in [2.75, 3.05) is 13.1 Å². The standard InChI is InChI=1S/C9H17NO.C5H9Cl2NOSi/c1-2-3-4-5-6-7-8-10-9-11;1-10(6,7)4-2-3-8-5-9/h2-8H2,1H3;2-4H2,1H3. The summed E-state index contributed by atoms with van der Waals surface area (Å²) < 4.78 is 0. The molecule has 0 heterocycles. The first-order chi connectivity index (χ1) is 9.97. The van der Waals surface area contributed by atoms with Crippen molar-refractivity contribution in [2.45, 2.75) is 64.5 Å². The summed E-state index contributed by atoms with van der Waals surface area (Å²) in [5, 5.41) is 0. The predicted octanol–water partition coefficient (Wildman–Crippen LogP) is 4.94. The molecule has 21 heavy (non-hydrogen) atoms. The molecule has 0 spiro atoms. The summed E-state index contributed by atoms with van der Waals surface area (Å²) in [5.74, 6) is 0. The van der Waals surface area contributed by atoms with E-state index in [1.54, 1.807) is 6.08 Å². The Kier molecular flexibility index (Phi) is 19.1. The summed E-state index contributed by atoms with van der Waals surface area (Å²) >= 11 is 11.6. The van der Waals surface area contributed by atoms with Crippen LogP contribution in [-0.2, 0) is 9.59 Å². The van der Waals surface area contributed by atoms with Crippen molar-refractivity contribution >= 4 is 41.0 Å². The number of hydrogen-bond donors (Lipinski definition) is 0. The zero-order chi connectivity index (χ0) is 16.4. The molecule has 0 bridgehead atoms. The third kappa shape index (κ3) is 28.4. The Morgan fingerprint density at radius 2 is 1.33 bits per heavy atom. The van der Waals surface area contributed by atoms with Gasteiger partial charge in [0.25, 0.3) is 0 Å². The highest BCUT2D eigenvalue weighted by molar-refractivity contribution is 7.44. The fraction of sp³-hybridized carbons (Fsp3) is 0.857. The number of halogens is 2. The highest BCUT2D eigenvalue weighted by Crippen LogP contribution is 2.20. The van der Waals surface area contributed by atoms with Crippen LogP contribution in [0.1, 0.15) is 51.9 Å². The van der Waals surface area contributed by atoms with Gasteiger partial charge in [-0.1, -0.05) is 39.0 Å². The average Bonchev–Trinajstić information content (AvgIpc) is 2.42. The lowest BCUT2D eigenvalue weighted by Crippen LogP contribution is -2.11. The van der Waals surface area contributed by atoms with Crippen LogP contribution in [0, 0.1) is 0 Å². The van der Waals surface area contributed by atoms with E-state index < -0.39 is 6.69 Å². The molecule has 0 radical (unpaired) electrons. The molecule has 0 aromatic heterocycles. The summed E-state index contributed by atoms with van der Waals surface area (Å²) in [6.45, 7) is 3.25. The number of isocyanates is 2. The van der Waals surface area contributed by atoms with E-state index in [-0.39, 0.29) is 0 Å². The van der Waals surface area contributed by atoms with Gasteiger partial charge in [-0.25, -0.2) is 19.6 Å². The van der Waals surface area contributed by atoms with E-state index >= 15 is 0 Å². The van der Waals surface area contributed by atoms with E-state index in [4.69, 9.17) is 22.2 Å². The van der Waals surface area contributed by atoms with Crippen LogP contribution in [0.25, 0.3) is 0 Å². The lowest BCUT2D eigenvalue weighted by atomic mass is 10.1. The minimum atomic E-state index is -1.95. The summed E-state index contributed by atoms with van der Waals surface area (Å²) in [5.41, 5.74) is 0. The number of aliphatic imine (C=N–C) groups is 2. The van der Waals surface area contributed by atoms with E-state index in [0.717, 1.165) is 18.9 Å². The molecular weight excluding hydrogens is 327 g/mol. The van der Waals surface area contributed by atoms with Crippen LogP contribution >= 0.6 is 22.2 Å². The Morgan fingerprint density at radius 3 is 1.81 bits per heavy atom. The smallest absolute Gasteiger partial charge is 0.211 e. The van der Waals surface area contributed by atoms with Crippen molar-refractivity contribution in [3.8, 4) is 0 Å². The summed E-state index contributed by atoms with van der Waals surface area (Å²) in [7, 11) is 0. The normalized spacial score (nSPS) is 9.90. The third-order valence-electron chi connectivity index (χ3n) is 2.64. The Bertz CT molecular complexity index is 323. The first kappa shape index (κ1) is 22.8. The molecule has 0 fully saturated rings. The third-order valence-corrected chi connectivity index (χ3v) is 5.00. The molecule has 0 rings (SSSR count). The number of hydrogen-bond acceptors (Lipinski definition) is 4. The second kappa shape index (κ2) is 17.6. The van der Waals surface area contributed by atoms with Gasteiger partial charge in [0.05, 0.1) is 13.1 Å². The molecule has 122 valence electrons. The lowest BCUT2D eigenvalue weighted by molar-refractivity contribution is 0.560. The molecule has 7 heteroatoms. The Balaban J connectivity index is 0. The quantitative estimate of drug-likeness (QED) is 0.174. The van der Waals surface area contributed by atoms with Crippen molar-refractivity contribution in [1.82, 2.24) is 0 Å². The molecule has 0 N–H and O–H groups in total. The molecule has 0 atom stereocenters. The van der Waals surface area contributed by atoms with E-state index in [2.05, 4.69) is 16.9 Å². The minimum absolute atomic E-state index is 0.492. The van der Waals surface area contributed by atoms with Crippen LogP contribution in [0.2, 0.25) is 12.6 Å². The largest absolute Gasteiger partial charge is 0.248 e. The van der Waals surface area contributed by atoms with Gasteiger partial charge < -0.3 is 0 Å². The molecule has 0 aromatic rings. The Hall–Kier alpha value is -0.443. The van der Waals surface area contributed by atoms with Crippen LogP contribution in [0.3, 0.4) is 0 Å². The van der Waals surface area contributed by atoms with Gasteiger partial charge in [-0.2, -0.15) is 0 Å². The number of nitrogens with zero attached hydrogens (tertiary/aromatic N) is 2. The van der Waals surface area contributed by atoms with Crippen molar-refractivity contribution < 1.29 is 9.59 Å². The van der Waals surface area contributed by atoms with E-state index in [1.807, 2.05) is 6.55 Å². The Morgan fingerprint density at radius 1 is 0.857 bits per heavy atom. The van der Waals surface area contributed by atoms with Crippen LogP contribution in [-0.4, -0.2) is 31.9 Å². The van der Waals surface area contributed by atoms with Gasteiger partial charge in [0.1, 0.15) is 0 Å². The number of carbonyl (C=O) groups excluding carboxylic acids is 2. The fourth-order valence-corrected chi connectivity index (χ4v) is 3.11. The maximum atomic E-state index is 9.65. The predicted molar refractivity (Wildman–Crippen MR) is 92.1 cm³/mol. The van der Waals surface area contributed by atoms with Crippen molar-refractivity contribution in [3.05, 3.63) is 0 Å². The summed E-state index contributed by atoms with van der Waals surface area (Å²) in [6.07, 6.45) is 11.2. The fourth-order valence-electron chi connectivity index (χ4n) is 1.53. The van der Waals surface area contributed by atoms with E-state index in [1.165, 1.54) is 38.2 Å². The van der Waals surface area contributed by atoms with Gasteiger partial charge in [-0.15, -0.1) is 22.2 Å². The molecule has 0 unspecified atom stereocenters. The van der Waals surface area contributed by atoms with Gasteiger partial charge in [-0.3, -0.25) is 0 Å². The molecule has 0 aliphatic heterocycles. The highest BCUT2D eigenvalue weighted by atomic mass is 35.7. The SMILES string of the molecule is CCCCCCCCN=C=O.C[Si](Cl)(Cl)CCCN=C=O. The van der Waals surface area contributed by atoms with Gasteiger partial charge in [0.2, 0.25) is 18.9 Å². The molecule has 0 aliphatic carbocycles. The van der Waals surface area contributed by atoms with E-state index in [0.29, 0.717) is 13.1 Å². The maximum Gasteiger partial charge on any atom is 0.248 e. The topological polar surface area (TPSA) is 58.9 Å². The van der Waals surface area contributed by atoms with Crippen molar-refractivity contribution in [2.24, 2.45) is 9.98 Å². The first-order valence-corrected chi connectivity index (χ1v) is 12.2. The van der Waals surface area contributed by atoms with Gasteiger partial charge >= 0.3 is 0 Å². The minimum Gasteiger partial charge on any atom is -0.211 e. The molecule has 0 saturated heterocycles. The zero-order valence-electron chi connectivity index (χ0n) is 13.0. The van der Waals surface area contributed by atoms with Crippen molar-refractivity contribution in [1.29, 1.82) is 0 Å². The van der Waals surface area contributed by atoms with Gasteiger partial charge in [0.15, 0.2) is 0 Å². The second-order valence-corrected chi connectivity index (χ2v) is 13.1. The summed E-state index contributed by atoms with van der Waals surface area (Å²) in [6, 6.07) is 0.779. The van der Waals surface area contributed by atoms with Crippen molar-refractivity contribution in [3.63, 3.8) is 0 Å². The number of rotatable bonds is 11. The lowest BCUT2D eigenvalue weighted by Gasteiger charge is -2.06. The van der Waals surface area contributed by atoms with Gasteiger partial charge in [0, 0.05) is 0 Å². The average molecular weight is 353 g/mol. The summed E-state index contributed by atoms with van der Waals surface area (Å²) in [4.78, 5) is 26.1. The maximum absolute atomic E-state index is 9.65. The molecule has 0 aliphatic rings. The van der Waals surface area contributed by atoms with Crippen LogP contribution in [0.15, 0.2) is 9.98 Å². The van der Waals surface area contributed by atoms with Crippen LogP contribution in [0.4, 0.5) is 0 Å².